The Kier molecular flexibility index (Phi) is 3.93. The second-order valence-corrected chi connectivity index (χ2v) is 4.06. The van der Waals surface area contributed by atoms with Gasteiger partial charge in [0.1, 0.15) is 5.76 Å². The number of rotatable bonds is 3. The van der Waals surface area contributed by atoms with Crippen molar-refractivity contribution < 1.29 is 14.1 Å². The topological polar surface area (TPSA) is 64.4 Å². The fraction of sp³-hybridized carbons (Fsp3) is 0.636. The van der Waals surface area contributed by atoms with Crippen LogP contribution in [0.1, 0.15) is 43.8 Å². The Bertz CT molecular complexity index is 352. The molecule has 1 aromatic rings. The highest BCUT2D eigenvalue weighted by atomic mass is 16.6. The summed E-state index contributed by atoms with van der Waals surface area (Å²) >= 11 is 0. The third-order valence-corrected chi connectivity index (χ3v) is 2.20. The van der Waals surface area contributed by atoms with Gasteiger partial charge in [-0.15, -0.1) is 0 Å². The van der Waals surface area contributed by atoms with Gasteiger partial charge in [0, 0.05) is 5.56 Å². The minimum atomic E-state index is -0.428. The standard InChI is InChI=1S/C11H18N2O3/c1-6(2)15-11(14)12-7(3)10-8(4)13-16-9(10)5/h6-7H,1-5H3,(H,12,14). The summed E-state index contributed by atoms with van der Waals surface area (Å²) in [5.74, 6) is 0.717. The largest absolute Gasteiger partial charge is 0.447 e. The highest BCUT2D eigenvalue weighted by Gasteiger charge is 2.18. The molecule has 0 aromatic carbocycles. The molecule has 0 fully saturated rings. The lowest BCUT2D eigenvalue weighted by Crippen LogP contribution is -2.29. The molecule has 1 rings (SSSR count). The molecule has 5 nitrogen and oxygen atoms in total. The van der Waals surface area contributed by atoms with Crippen molar-refractivity contribution in [3.05, 3.63) is 17.0 Å². The number of hydrogen-bond donors (Lipinski definition) is 1. The summed E-state index contributed by atoms with van der Waals surface area (Å²) in [7, 11) is 0. The third-order valence-electron chi connectivity index (χ3n) is 2.20. The van der Waals surface area contributed by atoms with Crippen molar-refractivity contribution in [2.24, 2.45) is 0 Å². The van der Waals surface area contributed by atoms with Crippen molar-refractivity contribution in [2.45, 2.75) is 46.8 Å². The first kappa shape index (κ1) is 12.5. The Morgan fingerprint density at radius 3 is 2.44 bits per heavy atom. The predicted molar refractivity (Wildman–Crippen MR) is 59.1 cm³/mol. The molecule has 1 atom stereocenters. The van der Waals surface area contributed by atoms with E-state index in [9.17, 15) is 4.79 Å². The van der Waals surface area contributed by atoms with Gasteiger partial charge >= 0.3 is 6.09 Å². The van der Waals surface area contributed by atoms with Crippen molar-refractivity contribution in [2.75, 3.05) is 0 Å². The van der Waals surface area contributed by atoms with Crippen LogP contribution in [-0.4, -0.2) is 17.4 Å². The van der Waals surface area contributed by atoms with E-state index in [1.165, 1.54) is 0 Å². The van der Waals surface area contributed by atoms with Crippen LogP contribution in [-0.2, 0) is 4.74 Å². The van der Waals surface area contributed by atoms with Gasteiger partial charge in [-0.1, -0.05) is 5.16 Å². The van der Waals surface area contributed by atoms with Crippen LogP contribution in [0.3, 0.4) is 0 Å². The molecular weight excluding hydrogens is 208 g/mol. The van der Waals surface area contributed by atoms with Crippen molar-refractivity contribution >= 4 is 6.09 Å². The van der Waals surface area contributed by atoms with Gasteiger partial charge in [0.05, 0.1) is 17.8 Å². The highest BCUT2D eigenvalue weighted by Crippen LogP contribution is 2.20. The van der Waals surface area contributed by atoms with E-state index >= 15 is 0 Å². The number of ether oxygens (including phenoxy) is 1. The van der Waals surface area contributed by atoms with E-state index < -0.39 is 6.09 Å². The van der Waals surface area contributed by atoms with Crippen LogP contribution in [0.2, 0.25) is 0 Å². The summed E-state index contributed by atoms with van der Waals surface area (Å²) in [5, 5.41) is 6.57. The molecule has 0 bridgehead atoms. The van der Waals surface area contributed by atoms with Gasteiger partial charge in [0.2, 0.25) is 0 Å². The minimum Gasteiger partial charge on any atom is -0.447 e. The number of amides is 1. The van der Waals surface area contributed by atoms with Crippen LogP contribution in [0.25, 0.3) is 0 Å². The molecule has 0 saturated carbocycles. The summed E-state index contributed by atoms with van der Waals surface area (Å²) in [5.41, 5.74) is 1.69. The maximum Gasteiger partial charge on any atom is 0.407 e. The molecule has 1 heterocycles. The molecule has 0 saturated heterocycles. The van der Waals surface area contributed by atoms with Gasteiger partial charge in [0.25, 0.3) is 0 Å². The summed E-state index contributed by atoms with van der Waals surface area (Å²) in [4.78, 5) is 11.4. The quantitative estimate of drug-likeness (QED) is 0.860. The number of aryl methyl sites for hydroxylation is 2. The average molecular weight is 226 g/mol. The van der Waals surface area contributed by atoms with Crippen molar-refractivity contribution in [3.63, 3.8) is 0 Å². The summed E-state index contributed by atoms with van der Waals surface area (Å²) < 4.78 is 10.0. The minimum absolute atomic E-state index is 0.128. The predicted octanol–water partition coefficient (Wildman–Crippen LogP) is 2.49. The van der Waals surface area contributed by atoms with Gasteiger partial charge in [0.15, 0.2) is 0 Å². The number of nitrogens with one attached hydrogen (secondary N) is 1. The average Bonchev–Trinajstić information content (AvgIpc) is 2.44. The van der Waals surface area contributed by atoms with Gasteiger partial charge in [-0.3, -0.25) is 0 Å². The fourth-order valence-electron chi connectivity index (χ4n) is 1.61. The maximum absolute atomic E-state index is 11.4. The molecule has 1 N–H and O–H groups in total. The summed E-state index contributed by atoms with van der Waals surface area (Å²) in [6, 6.07) is -0.169. The van der Waals surface area contributed by atoms with Gasteiger partial charge in [-0.25, -0.2) is 4.79 Å². The first-order valence-electron chi connectivity index (χ1n) is 5.31. The number of nitrogens with zero attached hydrogens (tertiary/aromatic N) is 1. The summed E-state index contributed by atoms with van der Waals surface area (Å²) in [6.45, 7) is 9.15. The van der Waals surface area contributed by atoms with Crippen LogP contribution in [0.5, 0.6) is 0 Å². The van der Waals surface area contributed by atoms with Crippen molar-refractivity contribution in [1.82, 2.24) is 10.5 Å². The molecule has 5 heteroatoms. The monoisotopic (exact) mass is 226 g/mol. The van der Waals surface area contributed by atoms with Crippen LogP contribution < -0.4 is 5.32 Å². The van der Waals surface area contributed by atoms with E-state index in [1.807, 2.05) is 20.8 Å². The number of carbonyl (C=O) groups excluding carboxylic acids is 1. The van der Waals surface area contributed by atoms with Crippen molar-refractivity contribution in [1.29, 1.82) is 0 Å². The zero-order valence-corrected chi connectivity index (χ0v) is 10.3. The molecule has 0 aliphatic carbocycles. The van der Waals surface area contributed by atoms with Crippen LogP contribution >= 0.6 is 0 Å². The molecule has 0 spiro atoms. The normalized spacial score (nSPS) is 12.6. The van der Waals surface area contributed by atoms with Crippen LogP contribution in [0.15, 0.2) is 4.52 Å². The Hall–Kier alpha value is -1.52. The zero-order valence-electron chi connectivity index (χ0n) is 10.3. The molecule has 1 unspecified atom stereocenters. The van der Waals surface area contributed by atoms with Gasteiger partial charge in [-0.05, 0) is 34.6 Å². The molecule has 0 aliphatic rings. The Morgan fingerprint density at radius 1 is 1.38 bits per heavy atom. The molecule has 0 aliphatic heterocycles. The SMILES string of the molecule is Cc1noc(C)c1C(C)NC(=O)OC(C)C. The van der Waals surface area contributed by atoms with Crippen LogP contribution in [0.4, 0.5) is 4.79 Å². The molecule has 16 heavy (non-hydrogen) atoms. The molecular formula is C11H18N2O3. The lowest BCUT2D eigenvalue weighted by atomic mass is 10.1. The molecule has 1 amide bonds. The number of aromatic nitrogens is 1. The van der Waals surface area contributed by atoms with Gasteiger partial charge in [-0.2, -0.15) is 0 Å². The Balaban J connectivity index is 2.66. The zero-order chi connectivity index (χ0) is 12.3. The van der Waals surface area contributed by atoms with E-state index in [0.29, 0.717) is 0 Å². The number of carbonyl (C=O) groups is 1. The fourth-order valence-corrected chi connectivity index (χ4v) is 1.61. The van der Waals surface area contributed by atoms with Gasteiger partial charge < -0.3 is 14.6 Å². The lowest BCUT2D eigenvalue weighted by Gasteiger charge is -2.15. The van der Waals surface area contributed by atoms with E-state index in [2.05, 4.69) is 10.5 Å². The van der Waals surface area contributed by atoms with Crippen LogP contribution in [0, 0.1) is 13.8 Å². The highest BCUT2D eigenvalue weighted by molar-refractivity contribution is 5.68. The lowest BCUT2D eigenvalue weighted by molar-refractivity contribution is 0.113. The van der Waals surface area contributed by atoms with E-state index in [-0.39, 0.29) is 12.1 Å². The first-order valence-corrected chi connectivity index (χ1v) is 5.31. The smallest absolute Gasteiger partial charge is 0.407 e. The number of alkyl carbamates (subject to hydrolysis) is 1. The summed E-state index contributed by atoms with van der Waals surface area (Å²) in [6.07, 6.45) is -0.556. The van der Waals surface area contributed by atoms with E-state index in [4.69, 9.17) is 9.26 Å². The Morgan fingerprint density at radius 2 is 2.00 bits per heavy atom. The second-order valence-electron chi connectivity index (χ2n) is 4.06. The first-order chi connectivity index (χ1) is 7.41. The molecule has 90 valence electrons. The third kappa shape index (κ3) is 2.98. The maximum atomic E-state index is 11.4. The van der Waals surface area contributed by atoms with E-state index in [1.54, 1.807) is 13.8 Å². The molecule has 1 aromatic heterocycles. The number of hydrogen-bond acceptors (Lipinski definition) is 4. The van der Waals surface area contributed by atoms with E-state index in [0.717, 1.165) is 17.0 Å². The Labute approximate surface area is 95.1 Å². The van der Waals surface area contributed by atoms with Crippen molar-refractivity contribution in [3.8, 4) is 0 Å². The second kappa shape index (κ2) is 5.01. The molecule has 0 radical (unpaired) electrons.